The van der Waals surface area contributed by atoms with Crippen molar-refractivity contribution in [2.24, 2.45) is 0 Å². The second-order valence-electron chi connectivity index (χ2n) is 5.51. The fraction of sp³-hybridized carbons (Fsp3) is 0.462. The number of nitrogens with two attached hydrogens (primary N) is 1. The predicted molar refractivity (Wildman–Crippen MR) is 76.7 cm³/mol. The number of aryl methyl sites for hydroxylation is 2. The molecular formula is C13H15FN4OS. The third kappa shape index (κ3) is 1.84. The highest BCUT2D eigenvalue weighted by atomic mass is 32.1. The Labute approximate surface area is 119 Å². The van der Waals surface area contributed by atoms with Crippen LogP contribution in [0.5, 0.6) is 0 Å². The lowest BCUT2D eigenvalue weighted by Gasteiger charge is -2.41. The van der Waals surface area contributed by atoms with Gasteiger partial charge < -0.3 is 10.6 Å². The Morgan fingerprint density at radius 1 is 1.40 bits per heavy atom. The van der Waals surface area contributed by atoms with Crippen molar-refractivity contribution in [2.45, 2.75) is 26.4 Å². The van der Waals surface area contributed by atoms with Crippen molar-refractivity contribution < 1.29 is 9.18 Å². The molecule has 1 saturated heterocycles. The van der Waals surface area contributed by atoms with Gasteiger partial charge in [-0.25, -0.2) is 4.39 Å². The number of halogens is 1. The van der Waals surface area contributed by atoms with Crippen LogP contribution in [-0.4, -0.2) is 39.8 Å². The van der Waals surface area contributed by atoms with Gasteiger partial charge in [0.2, 0.25) is 0 Å². The molecule has 2 N–H and O–H groups in total. The molecule has 0 saturated carbocycles. The van der Waals surface area contributed by atoms with E-state index in [4.69, 9.17) is 5.73 Å². The van der Waals surface area contributed by atoms with Gasteiger partial charge in [-0.05, 0) is 26.3 Å². The molecule has 2 aromatic rings. The lowest BCUT2D eigenvalue weighted by Crippen LogP contribution is -2.59. The average Bonchev–Trinajstić information content (AvgIpc) is 2.68. The first-order chi connectivity index (χ1) is 9.30. The summed E-state index contributed by atoms with van der Waals surface area (Å²) in [5.74, 6) is -0.224. The molecule has 0 radical (unpaired) electrons. The Bertz CT molecular complexity index is 717. The summed E-state index contributed by atoms with van der Waals surface area (Å²) in [5.41, 5.74) is 6.96. The fourth-order valence-corrected chi connectivity index (χ4v) is 3.50. The van der Waals surface area contributed by atoms with E-state index < -0.39 is 5.67 Å². The molecule has 7 heteroatoms. The third-order valence-corrected chi connectivity index (χ3v) is 4.74. The van der Waals surface area contributed by atoms with Gasteiger partial charge in [0.25, 0.3) is 5.91 Å². The van der Waals surface area contributed by atoms with Gasteiger partial charge in [0, 0.05) is 5.39 Å². The molecule has 0 bridgehead atoms. The number of hydrogen-bond donors (Lipinski definition) is 1. The van der Waals surface area contributed by atoms with Crippen molar-refractivity contribution in [3.8, 4) is 0 Å². The molecular weight excluding hydrogens is 279 g/mol. The van der Waals surface area contributed by atoms with Crippen LogP contribution >= 0.6 is 11.3 Å². The maximum Gasteiger partial charge on any atom is 0.266 e. The number of nitrogen functional groups attached to an aromatic ring is 1. The van der Waals surface area contributed by atoms with Crippen molar-refractivity contribution >= 4 is 33.1 Å². The SMILES string of the molecule is Cc1nnc2sc(C(=O)N3CC(C)(F)C3)c(N)c2c1C. The topological polar surface area (TPSA) is 72.1 Å². The summed E-state index contributed by atoms with van der Waals surface area (Å²) in [7, 11) is 0. The fourth-order valence-electron chi connectivity index (χ4n) is 2.44. The number of hydrogen-bond acceptors (Lipinski definition) is 5. The van der Waals surface area contributed by atoms with E-state index in [-0.39, 0.29) is 19.0 Å². The first-order valence-corrected chi connectivity index (χ1v) is 7.12. The molecule has 20 heavy (non-hydrogen) atoms. The van der Waals surface area contributed by atoms with E-state index >= 15 is 0 Å². The Morgan fingerprint density at radius 3 is 2.65 bits per heavy atom. The minimum absolute atomic E-state index is 0.114. The highest BCUT2D eigenvalue weighted by molar-refractivity contribution is 7.21. The van der Waals surface area contributed by atoms with Crippen LogP contribution in [-0.2, 0) is 0 Å². The highest BCUT2D eigenvalue weighted by Crippen LogP contribution is 2.37. The Morgan fingerprint density at radius 2 is 2.05 bits per heavy atom. The lowest BCUT2D eigenvalue weighted by atomic mass is 9.99. The number of carbonyl (C=O) groups is 1. The molecule has 3 rings (SSSR count). The molecule has 106 valence electrons. The summed E-state index contributed by atoms with van der Waals surface area (Å²) in [6.45, 7) is 5.48. The molecule has 1 aliphatic rings. The zero-order valence-corrected chi connectivity index (χ0v) is 12.3. The van der Waals surface area contributed by atoms with E-state index in [2.05, 4.69) is 10.2 Å². The molecule has 0 aromatic carbocycles. The van der Waals surface area contributed by atoms with Gasteiger partial charge in [-0.15, -0.1) is 16.4 Å². The first-order valence-electron chi connectivity index (χ1n) is 6.30. The number of nitrogens with zero attached hydrogens (tertiary/aromatic N) is 3. The lowest BCUT2D eigenvalue weighted by molar-refractivity contribution is -0.00747. The van der Waals surface area contributed by atoms with Gasteiger partial charge >= 0.3 is 0 Å². The number of alkyl halides is 1. The second-order valence-corrected chi connectivity index (χ2v) is 6.51. The van der Waals surface area contributed by atoms with Crippen LogP contribution in [0.2, 0.25) is 0 Å². The second kappa shape index (κ2) is 4.12. The van der Waals surface area contributed by atoms with Gasteiger partial charge in [-0.1, -0.05) is 0 Å². The summed E-state index contributed by atoms with van der Waals surface area (Å²) >= 11 is 1.22. The predicted octanol–water partition coefficient (Wildman–Crippen LogP) is 2.07. The summed E-state index contributed by atoms with van der Waals surface area (Å²) in [5, 5.41) is 8.91. The van der Waals surface area contributed by atoms with Crippen molar-refractivity contribution in [3.05, 3.63) is 16.1 Å². The van der Waals surface area contributed by atoms with Gasteiger partial charge in [-0.3, -0.25) is 4.79 Å². The normalized spacial score (nSPS) is 17.3. The monoisotopic (exact) mass is 294 g/mol. The number of amides is 1. The first kappa shape index (κ1) is 13.2. The van der Waals surface area contributed by atoms with Gasteiger partial charge in [0.15, 0.2) is 0 Å². The summed E-state index contributed by atoms with van der Waals surface area (Å²) in [6.07, 6.45) is 0. The van der Waals surface area contributed by atoms with Crippen molar-refractivity contribution in [1.29, 1.82) is 0 Å². The maximum absolute atomic E-state index is 13.5. The minimum Gasteiger partial charge on any atom is -0.397 e. The van der Waals surface area contributed by atoms with Crippen molar-refractivity contribution in [3.63, 3.8) is 0 Å². The van der Waals surface area contributed by atoms with Crippen LogP contribution in [0.15, 0.2) is 0 Å². The Balaban J connectivity index is 2.03. The van der Waals surface area contributed by atoms with Crippen LogP contribution in [0.25, 0.3) is 10.2 Å². The number of aromatic nitrogens is 2. The summed E-state index contributed by atoms with van der Waals surface area (Å²) in [6, 6.07) is 0. The van der Waals surface area contributed by atoms with E-state index in [1.54, 1.807) is 0 Å². The smallest absolute Gasteiger partial charge is 0.266 e. The Hall–Kier alpha value is -1.76. The summed E-state index contributed by atoms with van der Waals surface area (Å²) < 4.78 is 13.5. The number of anilines is 1. The molecule has 0 aliphatic carbocycles. The molecule has 1 amide bonds. The standard InChI is InChI=1S/C13H15FN4OS/c1-6-7(2)16-17-11-8(6)9(15)10(20-11)12(19)18-4-13(3,14)5-18/h4-5,15H2,1-3H3. The highest BCUT2D eigenvalue weighted by Gasteiger charge is 2.42. The number of rotatable bonds is 1. The van der Waals surface area contributed by atoms with Crippen LogP contribution < -0.4 is 5.73 Å². The molecule has 0 atom stereocenters. The molecule has 1 fully saturated rings. The van der Waals surface area contributed by atoms with E-state index in [1.807, 2.05) is 13.8 Å². The largest absolute Gasteiger partial charge is 0.397 e. The molecule has 5 nitrogen and oxygen atoms in total. The van der Waals surface area contributed by atoms with E-state index in [1.165, 1.54) is 23.2 Å². The zero-order valence-electron chi connectivity index (χ0n) is 11.5. The van der Waals surface area contributed by atoms with Crippen LogP contribution in [0.1, 0.15) is 27.9 Å². The Kier molecular flexibility index (Phi) is 2.72. The molecule has 1 aliphatic heterocycles. The van der Waals surface area contributed by atoms with Crippen LogP contribution in [0.3, 0.4) is 0 Å². The number of likely N-dealkylation sites (tertiary alicyclic amines) is 1. The molecule has 0 unspecified atom stereocenters. The van der Waals surface area contributed by atoms with Crippen molar-refractivity contribution in [2.75, 3.05) is 18.8 Å². The van der Waals surface area contributed by atoms with Crippen LogP contribution in [0, 0.1) is 13.8 Å². The molecule has 3 heterocycles. The number of thiophene rings is 1. The van der Waals surface area contributed by atoms with E-state index in [0.717, 1.165) is 16.6 Å². The molecule has 2 aromatic heterocycles. The van der Waals surface area contributed by atoms with E-state index in [0.29, 0.717) is 15.4 Å². The van der Waals surface area contributed by atoms with Crippen molar-refractivity contribution in [1.82, 2.24) is 15.1 Å². The zero-order chi connectivity index (χ0) is 14.7. The minimum atomic E-state index is -1.28. The van der Waals surface area contributed by atoms with Gasteiger partial charge in [0.1, 0.15) is 15.4 Å². The van der Waals surface area contributed by atoms with Gasteiger partial charge in [0.05, 0.1) is 24.5 Å². The summed E-state index contributed by atoms with van der Waals surface area (Å²) in [4.78, 5) is 14.9. The number of fused-ring (bicyclic) bond motifs is 1. The quantitative estimate of drug-likeness (QED) is 0.874. The molecule has 0 spiro atoms. The average molecular weight is 294 g/mol. The van der Waals surface area contributed by atoms with E-state index in [9.17, 15) is 9.18 Å². The number of carbonyl (C=O) groups excluding carboxylic acids is 1. The third-order valence-electron chi connectivity index (χ3n) is 3.66. The maximum atomic E-state index is 13.5. The van der Waals surface area contributed by atoms with Crippen LogP contribution in [0.4, 0.5) is 10.1 Å². The van der Waals surface area contributed by atoms with Gasteiger partial charge in [-0.2, -0.15) is 5.10 Å².